The minimum Gasteiger partial charge on any atom is -0.388 e. The van der Waals surface area contributed by atoms with E-state index < -0.39 is 5.60 Å². The van der Waals surface area contributed by atoms with E-state index in [0.29, 0.717) is 18.3 Å². The van der Waals surface area contributed by atoms with E-state index in [1.807, 2.05) is 12.3 Å². The fourth-order valence-electron chi connectivity index (χ4n) is 2.48. The molecule has 23 heavy (non-hydrogen) atoms. The second kappa shape index (κ2) is 7.62. The molecule has 1 aliphatic carbocycles. The van der Waals surface area contributed by atoms with E-state index in [1.165, 1.54) is 0 Å². The van der Waals surface area contributed by atoms with Gasteiger partial charge in [-0.1, -0.05) is 13.8 Å². The summed E-state index contributed by atoms with van der Waals surface area (Å²) in [7, 11) is 0. The number of nitrogens with zero attached hydrogens (tertiary/aromatic N) is 1. The molecule has 2 rings (SSSR count). The summed E-state index contributed by atoms with van der Waals surface area (Å²) in [5.41, 5.74) is 0.128. The first-order valence-electron chi connectivity index (χ1n) is 8.45. The van der Waals surface area contributed by atoms with Gasteiger partial charge >= 0.3 is 6.03 Å². The smallest absolute Gasteiger partial charge is 0.315 e. The lowest BCUT2D eigenvalue weighted by atomic mass is 9.95. The number of carbonyl (C=O) groups excluding carboxylic acids is 1. The van der Waals surface area contributed by atoms with Crippen LogP contribution in [0.25, 0.3) is 0 Å². The Labute approximate surface area is 142 Å². The van der Waals surface area contributed by atoms with Crippen molar-refractivity contribution < 1.29 is 9.90 Å². The van der Waals surface area contributed by atoms with Gasteiger partial charge in [-0.3, -0.25) is 0 Å². The molecule has 2 amide bonds. The van der Waals surface area contributed by atoms with Gasteiger partial charge in [0.2, 0.25) is 0 Å². The van der Waals surface area contributed by atoms with Crippen LogP contribution in [0.15, 0.2) is 5.38 Å². The molecular weight excluding hydrogens is 310 g/mol. The quantitative estimate of drug-likeness (QED) is 0.679. The summed E-state index contributed by atoms with van der Waals surface area (Å²) in [6.45, 7) is 8.27. The highest BCUT2D eigenvalue weighted by Gasteiger charge is 2.35. The molecule has 130 valence electrons. The highest BCUT2D eigenvalue weighted by Crippen LogP contribution is 2.41. The van der Waals surface area contributed by atoms with E-state index in [2.05, 4.69) is 29.5 Å². The van der Waals surface area contributed by atoms with Crippen LogP contribution in [0.2, 0.25) is 0 Å². The Balaban J connectivity index is 1.83. The van der Waals surface area contributed by atoms with Gasteiger partial charge in [0, 0.05) is 17.6 Å². The maximum absolute atomic E-state index is 12.2. The van der Waals surface area contributed by atoms with Crippen LogP contribution in [-0.2, 0) is 0 Å². The number of thiazole rings is 1. The molecule has 1 saturated carbocycles. The minimum atomic E-state index is -0.867. The standard InChI is InChI=1S/C17H29N3O2S/c1-11(2)7-8-17(4,22)10-18-16(21)20-14(13-5-6-13)15-19-12(3)9-23-15/h9,11,13-14,22H,5-8,10H2,1-4H3,(H2,18,20,21). The number of aryl methyl sites for hydroxylation is 1. The summed E-state index contributed by atoms with van der Waals surface area (Å²) >= 11 is 1.60. The third kappa shape index (κ3) is 6.11. The number of carbonyl (C=O) groups is 1. The van der Waals surface area contributed by atoms with E-state index in [1.54, 1.807) is 18.3 Å². The summed E-state index contributed by atoms with van der Waals surface area (Å²) in [6, 6.07) is -0.228. The second-order valence-electron chi connectivity index (χ2n) is 7.40. The molecule has 1 aromatic rings. The highest BCUT2D eigenvalue weighted by molar-refractivity contribution is 7.09. The third-order valence-electron chi connectivity index (χ3n) is 4.17. The Bertz CT molecular complexity index is 524. The molecule has 6 heteroatoms. The van der Waals surface area contributed by atoms with Crippen molar-refractivity contribution in [3.05, 3.63) is 16.1 Å². The first-order valence-corrected chi connectivity index (χ1v) is 9.33. The SMILES string of the molecule is Cc1csc(C(NC(=O)NCC(C)(O)CCC(C)C)C2CC2)n1. The lowest BCUT2D eigenvalue weighted by Gasteiger charge is -2.25. The zero-order valence-corrected chi connectivity index (χ0v) is 15.4. The number of hydrogen-bond donors (Lipinski definition) is 3. The number of amides is 2. The summed E-state index contributed by atoms with van der Waals surface area (Å²) in [5, 5.41) is 19.2. The van der Waals surface area contributed by atoms with Crippen LogP contribution in [0.3, 0.4) is 0 Å². The molecule has 0 saturated heterocycles. The first kappa shape index (κ1) is 18.2. The van der Waals surface area contributed by atoms with Gasteiger partial charge in [0.1, 0.15) is 5.01 Å². The fraction of sp³-hybridized carbons (Fsp3) is 0.765. The van der Waals surface area contributed by atoms with Crippen LogP contribution in [0.4, 0.5) is 4.79 Å². The maximum Gasteiger partial charge on any atom is 0.315 e. The van der Waals surface area contributed by atoms with Crippen molar-refractivity contribution in [3.63, 3.8) is 0 Å². The number of hydrogen-bond acceptors (Lipinski definition) is 4. The average Bonchev–Trinajstić information content (AvgIpc) is 3.22. The molecule has 3 N–H and O–H groups in total. The molecule has 0 radical (unpaired) electrons. The Morgan fingerprint density at radius 3 is 2.74 bits per heavy atom. The number of rotatable bonds is 8. The van der Waals surface area contributed by atoms with Gasteiger partial charge in [0.05, 0.1) is 11.6 Å². The van der Waals surface area contributed by atoms with Gasteiger partial charge in [-0.2, -0.15) is 0 Å². The fourth-order valence-corrected chi connectivity index (χ4v) is 3.42. The van der Waals surface area contributed by atoms with Crippen LogP contribution in [-0.4, -0.2) is 28.3 Å². The Morgan fingerprint density at radius 1 is 1.52 bits per heavy atom. The monoisotopic (exact) mass is 339 g/mol. The van der Waals surface area contributed by atoms with Crippen LogP contribution < -0.4 is 10.6 Å². The van der Waals surface area contributed by atoms with Crippen LogP contribution >= 0.6 is 11.3 Å². The lowest BCUT2D eigenvalue weighted by Crippen LogP contribution is -2.46. The third-order valence-corrected chi connectivity index (χ3v) is 5.22. The predicted molar refractivity (Wildman–Crippen MR) is 93.5 cm³/mol. The number of aromatic nitrogens is 1. The zero-order valence-electron chi connectivity index (χ0n) is 14.6. The molecule has 0 aromatic carbocycles. The van der Waals surface area contributed by atoms with E-state index in [9.17, 15) is 9.90 Å². The predicted octanol–water partition coefficient (Wildman–Crippen LogP) is 3.39. The Kier molecular flexibility index (Phi) is 6.03. The molecule has 5 nitrogen and oxygen atoms in total. The molecule has 0 spiro atoms. The van der Waals surface area contributed by atoms with Gasteiger partial charge in [-0.05, 0) is 51.4 Å². The summed E-state index contributed by atoms with van der Waals surface area (Å²) in [5.74, 6) is 1.04. The van der Waals surface area contributed by atoms with Gasteiger partial charge in [0.15, 0.2) is 0 Å². The number of aliphatic hydroxyl groups is 1. The zero-order chi connectivity index (χ0) is 17.0. The Morgan fingerprint density at radius 2 is 2.22 bits per heavy atom. The molecule has 0 bridgehead atoms. The largest absolute Gasteiger partial charge is 0.388 e. The molecular formula is C17H29N3O2S. The van der Waals surface area contributed by atoms with E-state index in [0.717, 1.165) is 30.0 Å². The molecule has 1 aliphatic rings. The first-order chi connectivity index (χ1) is 10.8. The highest BCUT2D eigenvalue weighted by atomic mass is 32.1. The second-order valence-corrected chi connectivity index (χ2v) is 8.29. The molecule has 1 heterocycles. The van der Waals surface area contributed by atoms with Gasteiger partial charge in [-0.25, -0.2) is 9.78 Å². The van der Waals surface area contributed by atoms with Crippen LogP contribution in [0.5, 0.6) is 0 Å². The summed E-state index contributed by atoms with van der Waals surface area (Å²) in [4.78, 5) is 16.7. The van der Waals surface area contributed by atoms with Gasteiger partial charge < -0.3 is 15.7 Å². The van der Waals surface area contributed by atoms with Crippen molar-refractivity contribution in [1.82, 2.24) is 15.6 Å². The van der Waals surface area contributed by atoms with E-state index >= 15 is 0 Å². The number of urea groups is 1. The van der Waals surface area contributed by atoms with Crippen molar-refractivity contribution >= 4 is 17.4 Å². The van der Waals surface area contributed by atoms with Crippen molar-refractivity contribution in [2.75, 3.05) is 6.54 Å². The van der Waals surface area contributed by atoms with Crippen molar-refractivity contribution in [1.29, 1.82) is 0 Å². The van der Waals surface area contributed by atoms with Crippen molar-refractivity contribution in [2.24, 2.45) is 11.8 Å². The van der Waals surface area contributed by atoms with Crippen molar-refractivity contribution in [3.8, 4) is 0 Å². The topological polar surface area (TPSA) is 74.2 Å². The maximum atomic E-state index is 12.2. The van der Waals surface area contributed by atoms with Gasteiger partial charge in [0.25, 0.3) is 0 Å². The summed E-state index contributed by atoms with van der Waals surface area (Å²) < 4.78 is 0. The van der Waals surface area contributed by atoms with Crippen LogP contribution in [0.1, 0.15) is 63.2 Å². The van der Waals surface area contributed by atoms with Crippen LogP contribution in [0, 0.1) is 18.8 Å². The number of nitrogens with one attached hydrogen (secondary N) is 2. The van der Waals surface area contributed by atoms with E-state index in [-0.39, 0.29) is 18.6 Å². The summed E-state index contributed by atoms with van der Waals surface area (Å²) in [6.07, 6.45) is 3.90. The Hall–Kier alpha value is -1.14. The van der Waals surface area contributed by atoms with Crippen molar-refractivity contribution in [2.45, 2.75) is 65.0 Å². The molecule has 0 aliphatic heterocycles. The lowest BCUT2D eigenvalue weighted by molar-refractivity contribution is 0.0475. The average molecular weight is 340 g/mol. The normalized spacial score (nSPS) is 18.5. The molecule has 1 fully saturated rings. The molecule has 2 unspecified atom stereocenters. The van der Waals surface area contributed by atoms with E-state index in [4.69, 9.17) is 0 Å². The molecule has 2 atom stereocenters. The molecule has 1 aromatic heterocycles. The minimum absolute atomic E-state index is 0.00527. The van der Waals surface area contributed by atoms with Gasteiger partial charge in [-0.15, -0.1) is 11.3 Å².